The van der Waals surface area contributed by atoms with Crippen LogP contribution < -0.4 is 14.5 Å². The summed E-state index contributed by atoms with van der Waals surface area (Å²) < 4.78 is 9.57. The number of nitrogens with zero attached hydrogens (tertiary/aromatic N) is 7. The molecule has 194 valence electrons. The number of aromatic nitrogens is 2. The van der Waals surface area contributed by atoms with Gasteiger partial charge in [-0.3, -0.25) is 0 Å². The minimum absolute atomic E-state index is 0.193. The van der Waals surface area contributed by atoms with Gasteiger partial charge in [0.1, 0.15) is 0 Å². The number of hydrogen-bond donors (Lipinski definition) is 0. The summed E-state index contributed by atoms with van der Waals surface area (Å²) in [5, 5.41) is 9.47. The van der Waals surface area contributed by atoms with Gasteiger partial charge in [0.05, 0.1) is 24.6 Å². The van der Waals surface area contributed by atoms with E-state index in [4.69, 9.17) is 14.9 Å². The van der Waals surface area contributed by atoms with Gasteiger partial charge in [-0.25, -0.2) is 0 Å². The van der Waals surface area contributed by atoms with Gasteiger partial charge in [0.25, 0.3) is 0 Å². The van der Waals surface area contributed by atoms with Crippen molar-refractivity contribution in [2.75, 3.05) is 51.1 Å². The van der Waals surface area contributed by atoms with Gasteiger partial charge >= 0.3 is 5.82 Å². The fraction of sp³-hybridized carbons (Fsp3) is 0.345. The van der Waals surface area contributed by atoms with Crippen molar-refractivity contribution in [1.82, 2.24) is 9.58 Å². The zero-order valence-electron chi connectivity index (χ0n) is 22.7. The topological polar surface area (TPSA) is 52.5 Å². The number of morpholine rings is 1. The van der Waals surface area contributed by atoms with Crippen LogP contribution >= 0.6 is 0 Å². The second kappa shape index (κ2) is 11.9. The Balaban J connectivity index is 1.60. The molecule has 2 heterocycles. The minimum Gasteiger partial charge on any atom is -0.378 e. The van der Waals surface area contributed by atoms with Crippen molar-refractivity contribution in [3.8, 4) is 0 Å². The van der Waals surface area contributed by atoms with Crippen molar-refractivity contribution in [3.05, 3.63) is 84.1 Å². The first kappa shape index (κ1) is 26.2. The lowest BCUT2D eigenvalue weighted by atomic mass is 10.2. The molecule has 4 rings (SSSR count). The number of hydrogen-bond acceptors (Lipinski definition) is 6. The van der Waals surface area contributed by atoms with E-state index < -0.39 is 0 Å². The fourth-order valence-corrected chi connectivity index (χ4v) is 4.22. The standard InChI is InChI=1S/C29H38N7O/c1-23-21-34(22-24(2)37-23)16-15-29-35(30-19-25-7-11-27(12-8-25)32(3)4)17-18-36(29)31-20-26-9-13-28(14-10-26)33(5)6/h7-20,23-24H,21-22H2,1-6H3/q+1. The zero-order chi connectivity index (χ0) is 26.4. The molecular weight excluding hydrogens is 462 g/mol. The van der Waals surface area contributed by atoms with Gasteiger partial charge in [-0.05, 0) is 49.2 Å². The van der Waals surface area contributed by atoms with Crippen LogP contribution in [0.25, 0.3) is 6.08 Å². The third-order valence-electron chi connectivity index (χ3n) is 6.18. The number of rotatable bonds is 8. The molecule has 8 nitrogen and oxygen atoms in total. The van der Waals surface area contributed by atoms with Crippen molar-refractivity contribution in [2.24, 2.45) is 10.2 Å². The van der Waals surface area contributed by atoms with Crippen LogP contribution in [0, 0.1) is 0 Å². The van der Waals surface area contributed by atoms with E-state index in [1.807, 2.05) is 62.4 Å². The molecule has 0 aliphatic carbocycles. The van der Waals surface area contributed by atoms with Gasteiger partial charge < -0.3 is 19.4 Å². The van der Waals surface area contributed by atoms with Gasteiger partial charge in [-0.15, -0.1) is 0 Å². The summed E-state index contributed by atoms with van der Waals surface area (Å²) >= 11 is 0. The van der Waals surface area contributed by atoms with Crippen LogP contribution in [0.2, 0.25) is 0 Å². The number of anilines is 2. The molecule has 37 heavy (non-hydrogen) atoms. The van der Waals surface area contributed by atoms with E-state index >= 15 is 0 Å². The van der Waals surface area contributed by atoms with Crippen molar-refractivity contribution in [1.29, 1.82) is 0 Å². The monoisotopic (exact) mass is 500 g/mol. The summed E-state index contributed by atoms with van der Waals surface area (Å²) in [5.41, 5.74) is 4.37. The van der Waals surface area contributed by atoms with Crippen LogP contribution in [0.5, 0.6) is 0 Å². The lowest BCUT2D eigenvalue weighted by molar-refractivity contribution is -0.679. The average Bonchev–Trinajstić information content (AvgIpc) is 3.26. The smallest absolute Gasteiger partial charge is 0.334 e. The molecule has 1 fully saturated rings. The molecule has 2 aromatic carbocycles. The second-order valence-corrected chi connectivity index (χ2v) is 9.83. The normalized spacial score (nSPS) is 18.4. The van der Waals surface area contributed by atoms with E-state index in [0.29, 0.717) is 0 Å². The molecule has 2 unspecified atom stereocenters. The molecule has 2 atom stereocenters. The first-order chi connectivity index (χ1) is 17.8. The van der Waals surface area contributed by atoms with Gasteiger partial charge in [-0.1, -0.05) is 43.8 Å². The first-order valence-corrected chi connectivity index (χ1v) is 12.6. The van der Waals surface area contributed by atoms with Crippen molar-refractivity contribution in [2.45, 2.75) is 26.1 Å². The largest absolute Gasteiger partial charge is 0.378 e. The van der Waals surface area contributed by atoms with Crippen LogP contribution in [0.1, 0.15) is 30.8 Å². The minimum atomic E-state index is 0.193. The van der Waals surface area contributed by atoms with Crippen LogP contribution in [0.15, 0.2) is 77.3 Å². The Morgan fingerprint density at radius 1 is 0.838 bits per heavy atom. The lowest BCUT2D eigenvalue weighted by Gasteiger charge is -2.34. The highest BCUT2D eigenvalue weighted by atomic mass is 16.5. The number of imidazole rings is 1. The van der Waals surface area contributed by atoms with Gasteiger partial charge in [0.15, 0.2) is 12.4 Å². The molecule has 0 spiro atoms. The van der Waals surface area contributed by atoms with Crippen LogP contribution in [-0.4, -0.2) is 75.5 Å². The van der Waals surface area contributed by atoms with Gasteiger partial charge in [-0.2, -0.15) is 0 Å². The van der Waals surface area contributed by atoms with Gasteiger partial charge in [0.2, 0.25) is 0 Å². The summed E-state index contributed by atoms with van der Waals surface area (Å²) in [6.45, 7) is 5.92. The maximum absolute atomic E-state index is 5.88. The van der Waals surface area contributed by atoms with E-state index in [0.717, 1.165) is 41.4 Å². The molecule has 0 radical (unpaired) electrons. The maximum atomic E-state index is 5.88. The Morgan fingerprint density at radius 2 is 1.38 bits per heavy atom. The van der Waals surface area contributed by atoms with E-state index in [1.165, 1.54) is 0 Å². The molecule has 8 heteroatoms. The van der Waals surface area contributed by atoms with Crippen LogP contribution in [-0.2, 0) is 4.74 Å². The van der Waals surface area contributed by atoms with E-state index in [1.54, 1.807) is 0 Å². The Labute approximate surface area is 220 Å². The highest BCUT2D eigenvalue weighted by Gasteiger charge is 2.21. The molecule has 0 amide bonds. The molecular formula is C29H38N7O+. The molecule has 1 saturated heterocycles. The van der Waals surface area contributed by atoms with Crippen molar-refractivity contribution >= 4 is 29.9 Å². The summed E-state index contributed by atoms with van der Waals surface area (Å²) in [6.07, 6.45) is 12.1. The SMILES string of the molecule is CC1CN(C=Cc2n(N=Cc3ccc(N(C)C)cc3)cc[n+]2N=Cc2ccc(N(C)C)cc2)CC(C)O1. The molecule has 0 bridgehead atoms. The Bertz CT molecular complexity index is 1150. The second-order valence-electron chi connectivity index (χ2n) is 9.83. The molecule has 1 aliphatic heterocycles. The quantitative estimate of drug-likeness (QED) is 0.349. The number of ether oxygens (including phenoxy) is 1. The predicted octanol–water partition coefficient (Wildman–Crippen LogP) is 3.75. The summed E-state index contributed by atoms with van der Waals surface area (Å²) in [6, 6.07) is 16.6. The molecule has 0 N–H and O–H groups in total. The van der Waals surface area contributed by atoms with Crippen LogP contribution in [0.3, 0.4) is 0 Å². The molecule has 3 aromatic rings. The Hall–Kier alpha value is -3.91. The van der Waals surface area contributed by atoms with Crippen LogP contribution in [0.4, 0.5) is 11.4 Å². The highest BCUT2D eigenvalue weighted by Crippen LogP contribution is 2.14. The Morgan fingerprint density at radius 3 is 1.92 bits per heavy atom. The Kier molecular flexibility index (Phi) is 8.40. The molecule has 1 aliphatic rings. The summed E-state index contributed by atoms with van der Waals surface area (Å²) in [5.74, 6) is 0.842. The van der Waals surface area contributed by atoms with Gasteiger partial charge in [0, 0.05) is 64.9 Å². The molecule has 1 aromatic heterocycles. The summed E-state index contributed by atoms with van der Waals surface area (Å²) in [4.78, 5) is 6.45. The average molecular weight is 501 g/mol. The zero-order valence-corrected chi connectivity index (χ0v) is 22.7. The van der Waals surface area contributed by atoms with Crippen molar-refractivity contribution in [3.63, 3.8) is 0 Å². The number of benzene rings is 2. The lowest BCUT2D eigenvalue weighted by Crippen LogP contribution is -2.42. The third-order valence-corrected chi connectivity index (χ3v) is 6.18. The van der Waals surface area contributed by atoms with Crippen molar-refractivity contribution < 1.29 is 9.41 Å². The maximum Gasteiger partial charge on any atom is 0.334 e. The van der Waals surface area contributed by atoms with E-state index in [-0.39, 0.29) is 12.2 Å². The van der Waals surface area contributed by atoms with E-state index in [2.05, 4.69) is 89.4 Å². The third kappa shape index (κ3) is 7.07. The highest BCUT2D eigenvalue weighted by molar-refractivity contribution is 5.80. The first-order valence-electron chi connectivity index (χ1n) is 12.6. The predicted molar refractivity (Wildman–Crippen MR) is 153 cm³/mol. The molecule has 0 saturated carbocycles. The fourth-order valence-electron chi connectivity index (χ4n) is 4.22. The summed E-state index contributed by atoms with van der Waals surface area (Å²) in [7, 11) is 8.14. The van der Waals surface area contributed by atoms with E-state index in [9.17, 15) is 0 Å².